The molecule has 0 amide bonds. The van der Waals surface area contributed by atoms with Gasteiger partial charge in [0.1, 0.15) is 11.2 Å². The molecule has 7 heteroatoms. The SMILES string of the molecule is c1ccc(-c2nc(-c3ccccc3)nc(-c3cccc(-c4nc(-c5ccccc5)nc(-c5ccccc5)n4)c3-c3ccc4oc5ccccc5c4c3)n2)cc1. The highest BCUT2D eigenvalue weighted by Crippen LogP contribution is 2.42. The minimum absolute atomic E-state index is 0.530. The Hall–Kier alpha value is -7.64. The van der Waals surface area contributed by atoms with E-state index in [-0.39, 0.29) is 0 Å². The topological polar surface area (TPSA) is 90.5 Å². The van der Waals surface area contributed by atoms with Crippen LogP contribution in [0.5, 0.6) is 0 Å². The molecule has 0 saturated heterocycles. The van der Waals surface area contributed by atoms with Gasteiger partial charge in [0.05, 0.1) is 0 Å². The normalized spacial score (nSPS) is 11.3. The molecule has 0 saturated carbocycles. The van der Waals surface area contributed by atoms with Crippen molar-refractivity contribution in [1.29, 1.82) is 0 Å². The lowest BCUT2D eigenvalue weighted by Gasteiger charge is -2.16. The Bertz CT molecular complexity index is 2710. The number of hydrogen-bond donors (Lipinski definition) is 0. The fourth-order valence-electron chi connectivity index (χ4n) is 6.98. The van der Waals surface area contributed by atoms with Gasteiger partial charge < -0.3 is 4.42 Å². The Morgan fingerprint density at radius 3 is 1.11 bits per heavy atom. The van der Waals surface area contributed by atoms with Crippen LogP contribution in [0.15, 0.2) is 186 Å². The quantitative estimate of drug-likeness (QED) is 0.163. The van der Waals surface area contributed by atoms with E-state index in [1.165, 1.54) is 0 Å². The molecule has 3 aromatic heterocycles. The van der Waals surface area contributed by atoms with Crippen LogP contribution in [0.3, 0.4) is 0 Å². The number of fused-ring (bicyclic) bond motifs is 3. The second kappa shape index (κ2) is 13.7. The summed E-state index contributed by atoms with van der Waals surface area (Å²) in [5.74, 6) is 3.37. The average molecular weight is 707 g/mol. The number of para-hydroxylation sites is 1. The molecule has 0 radical (unpaired) electrons. The maximum absolute atomic E-state index is 6.27. The van der Waals surface area contributed by atoms with Crippen LogP contribution in [0.1, 0.15) is 0 Å². The van der Waals surface area contributed by atoms with Gasteiger partial charge in [-0.15, -0.1) is 0 Å². The highest BCUT2D eigenvalue weighted by atomic mass is 16.3. The summed E-state index contributed by atoms with van der Waals surface area (Å²) in [7, 11) is 0. The van der Waals surface area contributed by atoms with Crippen LogP contribution in [0.4, 0.5) is 0 Å². The second-order valence-electron chi connectivity index (χ2n) is 13.1. The van der Waals surface area contributed by atoms with Crippen LogP contribution in [0.25, 0.3) is 101 Å². The van der Waals surface area contributed by atoms with E-state index < -0.39 is 0 Å². The Labute approximate surface area is 316 Å². The van der Waals surface area contributed by atoms with Gasteiger partial charge >= 0.3 is 0 Å². The van der Waals surface area contributed by atoms with E-state index in [4.69, 9.17) is 34.3 Å². The number of nitrogens with zero attached hydrogens (tertiary/aromatic N) is 6. The summed E-state index contributed by atoms with van der Waals surface area (Å²) in [5, 5.41) is 2.04. The van der Waals surface area contributed by atoms with Crippen molar-refractivity contribution in [3.8, 4) is 79.5 Å². The number of benzene rings is 7. The van der Waals surface area contributed by atoms with E-state index in [0.717, 1.165) is 66.4 Å². The lowest BCUT2D eigenvalue weighted by Crippen LogP contribution is -2.04. The van der Waals surface area contributed by atoms with Gasteiger partial charge in [0, 0.05) is 49.7 Å². The lowest BCUT2D eigenvalue weighted by atomic mass is 9.92. The molecule has 0 aliphatic heterocycles. The predicted octanol–water partition coefficient (Wildman–Crippen LogP) is 11.6. The minimum Gasteiger partial charge on any atom is -0.456 e. The van der Waals surface area contributed by atoms with E-state index in [1.54, 1.807) is 0 Å². The lowest BCUT2D eigenvalue weighted by molar-refractivity contribution is 0.669. The Morgan fingerprint density at radius 1 is 0.273 bits per heavy atom. The number of furan rings is 1. The minimum atomic E-state index is 0.530. The summed E-state index contributed by atoms with van der Waals surface area (Å²) in [4.78, 5) is 30.6. The number of aromatic nitrogens is 6. The third kappa shape index (κ3) is 6.09. The van der Waals surface area contributed by atoms with Gasteiger partial charge in [0.25, 0.3) is 0 Å². The zero-order valence-electron chi connectivity index (χ0n) is 29.4. The number of hydrogen-bond acceptors (Lipinski definition) is 7. The Morgan fingerprint density at radius 2 is 0.655 bits per heavy atom. The van der Waals surface area contributed by atoms with E-state index >= 15 is 0 Å². The maximum atomic E-state index is 6.27. The van der Waals surface area contributed by atoms with Gasteiger partial charge in [-0.2, -0.15) is 0 Å². The summed E-state index contributed by atoms with van der Waals surface area (Å²) in [6, 6.07) is 60.6. The summed E-state index contributed by atoms with van der Waals surface area (Å²) < 4.78 is 6.27. The van der Waals surface area contributed by atoms with Crippen LogP contribution >= 0.6 is 0 Å². The van der Waals surface area contributed by atoms with Gasteiger partial charge in [-0.25, -0.2) is 29.9 Å². The van der Waals surface area contributed by atoms with Crippen molar-refractivity contribution in [2.45, 2.75) is 0 Å². The van der Waals surface area contributed by atoms with Crippen LogP contribution < -0.4 is 0 Å². The van der Waals surface area contributed by atoms with Crippen LogP contribution in [0, 0.1) is 0 Å². The van der Waals surface area contributed by atoms with Gasteiger partial charge in [-0.3, -0.25) is 0 Å². The maximum Gasteiger partial charge on any atom is 0.164 e. The first-order valence-corrected chi connectivity index (χ1v) is 18.0. The standard InChI is InChI=1S/C48H30N6O/c1-5-16-31(17-6-1)43-49-44(32-18-7-2-8-19-32)52-47(51-43)37-25-15-26-38(42(37)35-28-29-41-39(30-35)36-24-13-14-27-40(36)55-41)48-53-45(33-20-9-3-10-21-33)50-46(54-48)34-22-11-4-12-23-34/h1-30H. The van der Waals surface area contributed by atoms with Crippen LogP contribution in [-0.4, -0.2) is 29.9 Å². The molecule has 7 aromatic carbocycles. The summed E-state index contributed by atoms with van der Waals surface area (Å²) >= 11 is 0. The molecule has 55 heavy (non-hydrogen) atoms. The fourth-order valence-corrected chi connectivity index (χ4v) is 6.98. The smallest absolute Gasteiger partial charge is 0.164 e. The zero-order chi connectivity index (χ0) is 36.6. The second-order valence-corrected chi connectivity index (χ2v) is 13.1. The molecule has 10 rings (SSSR count). The monoisotopic (exact) mass is 706 g/mol. The van der Waals surface area contributed by atoms with Gasteiger partial charge in [0.15, 0.2) is 34.9 Å². The molecule has 0 aliphatic rings. The van der Waals surface area contributed by atoms with Crippen molar-refractivity contribution < 1.29 is 4.42 Å². The molecular formula is C48H30N6O. The van der Waals surface area contributed by atoms with E-state index in [9.17, 15) is 0 Å². The Kier molecular flexibility index (Phi) is 8.00. The van der Waals surface area contributed by atoms with Crippen LogP contribution in [-0.2, 0) is 0 Å². The van der Waals surface area contributed by atoms with Gasteiger partial charge in [-0.05, 0) is 23.8 Å². The Balaban J connectivity index is 1.27. The first-order valence-electron chi connectivity index (χ1n) is 18.0. The molecule has 3 heterocycles. The molecule has 10 aromatic rings. The summed E-state index contributed by atoms with van der Waals surface area (Å²) in [5.41, 5.74) is 8.65. The first kappa shape index (κ1) is 32.0. The summed E-state index contributed by atoms with van der Waals surface area (Å²) in [6.45, 7) is 0. The molecule has 0 fully saturated rings. The molecule has 0 N–H and O–H groups in total. The highest BCUT2D eigenvalue weighted by Gasteiger charge is 2.22. The highest BCUT2D eigenvalue weighted by molar-refractivity contribution is 6.07. The molecule has 7 nitrogen and oxygen atoms in total. The fraction of sp³-hybridized carbons (Fsp3) is 0. The van der Waals surface area contributed by atoms with Crippen LogP contribution in [0.2, 0.25) is 0 Å². The average Bonchev–Trinajstić information content (AvgIpc) is 3.65. The van der Waals surface area contributed by atoms with E-state index in [2.05, 4.69) is 30.3 Å². The number of rotatable bonds is 7. The largest absolute Gasteiger partial charge is 0.456 e. The molecule has 0 unspecified atom stereocenters. The van der Waals surface area contributed by atoms with E-state index in [0.29, 0.717) is 34.9 Å². The first-order chi connectivity index (χ1) is 27.2. The van der Waals surface area contributed by atoms with Crippen molar-refractivity contribution in [2.75, 3.05) is 0 Å². The van der Waals surface area contributed by atoms with Crippen molar-refractivity contribution in [3.05, 3.63) is 182 Å². The summed E-state index contributed by atoms with van der Waals surface area (Å²) in [6.07, 6.45) is 0. The molecule has 0 aliphatic carbocycles. The van der Waals surface area contributed by atoms with E-state index in [1.807, 2.05) is 152 Å². The van der Waals surface area contributed by atoms with Crippen molar-refractivity contribution in [2.24, 2.45) is 0 Å². The zero-order valence-corrected chi connectivity index (χ0v) is 29.4. The van der Waals surface area contributed by atoms with Gasteiger partial charge in [0.2, 0.25) is 0 Å². The van der Waals surface area contributed by atoms with Gasteiger partial charge in [-0.1, -0.05) is 164 Å². The molecule has 258 valence electrons. The predicted molar refractivity (Wildman–Crippen MR) is 219 cm³/mol. The molecule has 0 bridgehead atoms. The van der Waals surface area contributed by atoms with Crippen molar-refractivity contribution >= 4 is 21.9 Å². The third-order valence-corrected chi connectivity index (χ3v) is 9.61. The molecular weight excluding hydrogens is 677 g/mol. The molecule has 0 spiro atoms. The molecule has 0 atom stereocenters. The third-order valence-electron chi connectivity index (χ3n) is 9.61. The van der Waals surface area contributed by atoms with Crippen molar-refractivity contribution in [3.63, 3.8) is 0 Å². The van der Waals surface area contributed by atoms with Crippen molar-refractivity contribution in [1.82, 2.24) is 29.9 Å².